The van der Waals surface area contributed by atoms with E-state index in [0.29, 0.717) is 17.2 Å². The molecule has 0 unspecified atom stereocenters. The van der Waals surface area contributed by atoms with Gasteiger partial charge >= 0.3 is 0 Å². The van der Waals surface area contributed by atoms with Crippen molar-refractivity contribution in [3.63, 3.8) is 0 Å². The highest BCUT2D eigenvalue weighted by molar-refractivity contribution is 5.76. The van der Waals surface area contributed by atoms with Crippen LogP contribution in [0, 0.1) is 10.1 Å². The van der Waals surface area contributed by atoms with E-state index in [9.17, 15) is 14.9 Å². The van der Waals surface area contributed by atoms with Crippen molar-refractivity contribution in [3.05, 3.63) is 52.3 Å². The van der Waals surface area contributed by atoms with Crippen molar-refractivity contribution in [1.29, 1.82) is 0 Å². The Balaban J connectivity index is 2.26. The van der Waals surface area contributed by atoms with Gasteiger partial charge in [0.2, 0.25) is 5.91 Å². The van der Waals surface area contributed by atoms with Crippen LogP contribution in [0.1, 0.15) is 5.69 Å². The molecule has 0 aliphatic rings. The molecule has 0 radical (unpaired) electrons. The van der Waals surface area contributed by atoms with E-state index in [-0.39, 0.29) is 17.9 Å². The first-order valence-corrected chi connectivity index (χ1v) is 6.23. The van der Waals surface area contributed by atoms with Gasteiger partial charge in [-0.1, -0.05) is 0 Å². The minimum absolute atomic E-state index is 0.00536. The number of methoxy groups -OCH3 is 1. The predicted octanol–water partition coefficient (Wildman–Crippen LogP) is 1.82. The highest BCUT2D eigenvalue weighted by Gasteiger charge is 2.13. The average molecular weight is 303 g/mol. The summed E-state index contributed by atoms with van der Waals surface area (Å²) in [5, 5.41) is 10.7. The monoisotopic (exact) mass is 303 g/mol. The van der Waals surface area contributed by atoms with E-state index in [4.69, 9.17) is 15.2 Å². The van der Waals surface area contributed by atoms with Crippen LogP contribution in [0.2, 0.25) is 0 Å². The number of non-ortho nitro benzene ring substituents is 1. The van der Waals surface area contributed by atoms with Crippen LogP contribution >= 0.6 is 0 Å². The molecule has 2 N–H and O–H groups in total. The first kappa shape index (κ1) is 15.2. The van der Waals surface area contributed by atoms with Crippen molar-refractivity contribution < 1.29 is 19.2 Å². The number of nitro groups is 1. The SMILES string of the molecule is COc1cc([N+](=O)[O-])ccc1Oc1ccnc(CC(N)=O)c1. The summed E-state index contributed by atoms with van der Waals surface area (Å²) >= 11 is 0. The summed E-state index contributed by atoms with van der Waals surface area (Å²) in [5.41, 5.74) is 5.47. The number of benzene rings is 1. The fourth-order valence-electron chi connectivity index (χ4n) is 1.78. The third-order valence-corrected chi connectivity index (χ3v) is 2.73. The molecule has 0 aliphatic carbocycles. The van der Waals surface area contributed by atoms with Crippen LogP contribution in [-0.2, 0) is 11.2 Å². The van der Waals surface area contributed by atoms with Crippen molar-refractivity contribution in [3.8, 4) is 17.2 Å². The Hall–Kier alpha value is -3.16. The Morgan fingerprint density at radius 2 is 2.09 bits per heavy atom. The largest absolute Gasteiger partial charge is 0.493 e. The van der Waals surface area contributed by atoms with Crippen LogP contribution in [0.15, 0.2) is 36.5 Å². The van der Waals surface area contributed by atoms with Crippen LogP contribution in [0.5, 0.6) is 17.2 Å². The number of ether oxygens (including phenoxy) is 2. The van der Waals surface area contributed by atoms with Gasteiger partial charge in [0.1, 0.15) is 5.75 Å². The quantitative estimate of drug-likeness (QED) is 0.642. The number of pyridine rings is 1. The maximum Gasteiger partial charge on any atom is 0.273 e. The molecule has 0 saturated carbocycles. The van der Waals surface area contributed by atoms with Gasteiger partial charge in [-0.2, -0.15) is 0 Å². The zero-order valence-electron chi connectivity index (χ0n) is 11.7. The Morgan fingerprint density at radius 1 is 1.32 bits per heavy atom. The molecule has 0 spiro atoms. The number of primary amides is 1. The Bertz CT molecular complexity index is 717. The summed E-state index contributed by atoms with van der Waals surface area (Å²) in [4.78, 5) is 25.1. The smallest absolute Gasteiger partial charge is 0.273 e. The van der Waals surface area contributed by atoms with Crippen molar-refractivity contribution in [2.24, 2.45) is 5.73 Å². The maximum absolute atomic E-state index is 10.9. The van der Waals surface area contributed by atoms with E-state index in [0.717, 1.165) is 0 Å². The Kier molecular flexibility index (Phi) is 4.52. The number of nitrogens with zero attached hydrogens (tertiary/aromatic N) is 2. The van der Waals surface area contributed by atoms with E-state index < -0.39 is 10.8 Å². The lowest BCUT2D eigenvalue weighted by molar-refractivity contribution is -0.384. The molecule has 114 valence electrons. The molecule has 0 atom stereocenters. The molecule has 22 heavy (non-hydrogen) atoms. The Morgan fingerprint density at radius 3 is 2.73 bits per heavy atom. The average Bonchev–Trinajstić information content (AvgIpc) is 2.47. The fourth-order valence-corrected chi connectivity index (χ4v) is 1.78. The summed E-state index contributed by atoms with van der Waals surface area (Å²) in [6, 6.07) is 7.16. The molecular weight excluding hydrogens is 290 g/mol. The second-order valence-electron chi connectivity index (χ2n) is 4.32. The normalized spacial score (nSPS) is 10.0. The maximum atomic E-state index is 10.9. The molecule has 0 saturated heterocycles. The first-order chi connectivity index (χ1) is 10.5. The number of hydrogen-bond acceptors (Lipinski definition) is 6. The first-order valence-electron chi connectivity index (χ1n) is 6.23. The number of nitro benzene ring substituents is 1. The Labute approximate surface area is 125 Å². The molecule has 1 aromatic carbocycles. The zero-order valence-corrected chi connectivity index (χ0v) is 11.7. The van der Waals surface area contributed by atoms with Gasteiger partial charge in [0, 0.05) is 18.3 Å². The molecular formula is C14H13N3O5. The lowest BCUT2D eigenvalue weighted by Gasteiger charge is -2.10. The van der Waals surface area contributed by atoms with Gasteiger partial charge in [0.05, 0.1) is 30.2 Å². The molecule has 8 nitrogen and oxygen atoms in total. The summed E-state index contributed by atoms with van der Waals surface area (Å²) in [5.74, 6) is 0.447. The van der Waals surface area contributed by atoms with E-state index in [1.165, 1.54) is 31.5 Å². The second-order valence-corrected chi connectivity index (χ2v) is 4.32. The summed E-state index contributed by atoms with van der Waals surface area (Å²) in [6.07, 6.45) is 1.47. The molecule has 1 amide bonds. The number of hydrogen-bond donors (Lipinski definition) is 1. The lowest BCUT2D eigenvalue weighted by atomic mass is 10.2. The van der Waals surface area contributed by atoms with Crippen molar-refractivity contribution in [2.45, 2.75) is 6.42 Å². The van der Waals surface area contributed by atoms with Crippen LogP contribution in [0.3, 0.4) is 0 Å². The molecule has 1 heterocycles. The summed E-state index contributed by atoms with van der Waals surface area (Å²) < 4.78 is 10.7. The fraction of sp³-hybridized carbons (Fsp3) is 0.143. The van der Waals surface area contributed by atoms with Crippen LogP contribution in [-0.4, -0.2) is 22.9 Å². The van der Waals surface area contributed by atoms with E-state index in [1.807, 2.05) is 0 Å². The van der Waals surface area contributed by atoms with Crippen molar-refractivity contribution in [1.82, 2.24) is 4.98 Å². The van der Waals surface area contributed by atoms with Gasteiger partial charge in [0.25, 0.3) is 5.69 Å². The molecule has 2 rings (SSSR count). The molecule has 1 aromatic heterocycles. The number of rotatable bonds is 6. The van der Waals surface area contributed by atoms with Gasteiger partial charge in [0.15, 0.2) is 11.5 Å². The third-order valence-electron chi connectivity index (χ3n) is 2.73. The summed E-state index contributed by atoms with van der Waals surface area (Å²) in [7, 11) is 1.39. The van der Waals surface area contributed by atoms with E-state index >= 15 is 0 Å². The van der Waals surface area contributed by atoms with Gasteiger partial charge in [-0.15, -0.1) is 0 Å². The van der Waals surface area contributed by atoms with E-state index in [2.05, 4.69) is 4.98 Å². The minimum Gasteiger partial charge on any atom is -0.493 e. The zero-order chi connectivity index (χ0) is 16.1. The van der Waals surface area contributed by atoms with Gasteiger partial charge in [-0.25, -0.2) is 0 Å². The number of nitrogens with two attached hydrogens (primary N) is 1. The van der Waals surface area contributed by atoms with Gasteiger partial charge in [-0.05, 0) is 12.1 Å². The highest BCUT2D eigenvalue weighted by atomic mass is 16.6. The van der Waals surface area contributed by atoms with Gasteiger partial charge < -0.3 is 15.2 Å². The van der Waals surface area contributed by atoms with Crippen LogP contribution in [0.25, 0.3) is 0 Å². The molecule has 2 aromatic rings. The number of aromatic nitrogens is 1. The van der Waals surface area contributed by atoms with Crippen LogP contribution < -0.4 is 15.2 Å². The second kappa shape index (κ2) is 6.53. The number of carbonyl (C=O) groups is 1. The highest BCUT2D eigenvalue weighted by Crippen LogP contribution is 2.34. The summed E-state index contributed by atoms with van der Waals surface area (Å²) in [6.45, 7) is 0. The standard InChI is InChI=1S/C14H13N3O5/c1-21-13-8-10(17(19)20)2-3-12(13)22-11-4-5-16-9(6-11)7-14(15)18/h2-6,8H,7H2,1H3,(H2,15,18). The minimum atomic E-state index is -0.524. The molecule has 0 bridgehead atoms. The van der Waals surface area contributed by atoms with Crippen molar-refractivity contribution in [2.75, 3.05) is 7.11 Å². The molecule has 0 fully saturated rings. The van der Waals surface area contributed by atoms with Crippen LogP contribution in [0.4, 0.5) is 5.69 Å². The molecule has 0 aliphatic heterocycles. The number of carbonyl (C=O) groups excluding carboxylic acids is 1. The predicted molar refractivity (Wildman–Crippen MR) is 76.9 cm³/mol. The topological polar surface area (TPSA) is 118 Å². The number of amides is 1. The van der Waals surface area contributed by atoms with E-state index in [1.54, 1.807) is 12.1 Å². The van der Waals surface area contributed by atoms with Gasteiger partial charge in [-0.3, -0.25) is 19.9 Å². The third kappa shape index (κ3) is 3.69. The molecule has 8 heteroatoms. The lowest BCUT2D eigenvalue weighted by Crippen LogP contribution is -2.14. The van der Waals surface area contributed by atoms with Crippen molar-refractivity contribution >= 4 is 11.6 Å².